The lowest BCUT2D eigenvalue weighted by atomic mass is 9.71. The molecule has 4 rings (SSSR count). The highest BCUT2D eigenvalue weighted by Gasteiger charge is 2.40. The third kappa shape index (κ3) is 3.17. The molecule has 0 N–H and O–H groups in total. The van der Waals surface area contributed by atoms with Crippen molar-refractivity contribution < 1.29 is 9.18 Å². The smallest absolute Gasteiger partial charge is 0.161 e. The number of aromatic nitrogens is 2. The number of imidazole rings is 1. The fourth-order valence-electron chi connectivity index (χ4n) is 3.84. The Labute approximate surface area is 157 Å². The first kappa shape index (κ1) is 17.2. The normalized spacial score (nSPS) is 20.8. The number of Topliss-reactive ketones (excluding diaryl/α,β-unsaturated/α-hetero) is 1. The summed E-state index contributed by atoms with van der Waals surface area (Å²) in [7, 11) is 0. The highest BCUT2D eigenvalue weighted by Crippen LogP contribution is 2.39. The van der Waals surface area contributed by atoms with E-state index in [1.165, 1.54) is 12.1 Å². The first-order valence-electron chi connectivity index (χ1n) is 8.81. The fraction of sp³-hybridized carbons (Fsp3) is 0.286. The summed E-state index contributed by atoms with van der Waals surface area (Å²) in [5.41, 5.74) is 2.10. The lowest BCUT2D eigenvalue weighted by Gasteiger charge is -2.42. The molecule has 1 saturated carbocycles. The second-order valence-corrected chi connectivity index (χ2v) is 7.81. The standard InChI is InChI=1S/C21H19FN4O/c1-21(2)9-19-17(20(27)10-21)4-3-5-26(19)25-12-18(24-13-25)15-6-14(11-23)7-16(22)8-15/h3-8,12-13,19H,9-10H2,1-2H3. The summed E-state index contributed by atoms with van der Waals surface area (Å²) in [6.45, 7) is 4.21. The summed E-state index contributed by atoms with van der Waals surface area (Å²) >= 11 is 0. The van der Waals surface area contributed by atoms with Crippen LogP contribution in [0.1, 0.15) is 32.3 Å². The van der Waals surface area contributed by atoms with Crippen molar-refractivity contribution in [1.29, 1.82) is 5.26 Å². The van der Waals surface area contributed by atoms with Gasteiger partial charge < -0.3 is 0 Å². The van der Waals surface area contributed by atoms with Crippen LogP contribution in [0.5, 0.6) is 0 Å². The number of halogens is 1. The molecule has 0 spiro atoms. The first-order valence-corrected chi connectivity index (χ1v) is 8.81. The summed E-state index contributed by atoms with van der Waals surface area (Å²) in [5, 5.41) is 11.0. The van der Waals surface area contributed by atoms with Crippen LogP contribution in [-0.2, 0) is 4.79 Å². The molecule has 2 heterocycles. The number of ketones is 1. The number of allylic oxidation sites excluding steroid dienone is 2. The van der Waals surface area contributed by atoms with Gasteiger partial charge in [0.1, 0.15) is 12.1 Å². The molecule has 1 atom stereocenters. The van der Waals surface area contributed by atoms with E-state index in [1.807, 2.05) is 34.1 Å². The average molecular weight is 362 g/mol. The predicted molar refractivity (Wildman–Crippen MR) is 99.6 cm³/mol. The predicted octanol–water partition coefficient (Wildman–Crippen LogP) is 3.71. The maximum atomic E-state index is 13.8. The molecular formula is C21H19FN4O. The number of fused-ring (bicyclic) bond motifs is 1. The molecule has 1 aromatic heterocycles. The highest BCUT2D eigenvalue weighted by molar-refractivity contribution is 5.99. The van der Waals surface area contributed by atoms with E-state index in [0.29, 0.717) is 17.7 Å². The minimum Gasteiger partial charge on any atom is -0.294 e. The number of carbonyl (C=O) groups excluding carboxylic acids is 1. The Hall–Kier alpha value is -3.20. The topological polar surface area (TPSA) is 61.9 Å². The number of hydrogen-bond acceptors (Lipinski definition) is 4. The number of rotatable bonds is 2. The van der Waals surface area contributed by atoms with Gasteiger partial charge in [0, 0.05) is 23.8 Å². The van der Waals surface area contributed by atoms with Crippen molar-refractivity contribution in [1.82, 2.24) is 9.66 Å². The van der Waals surface area contributed by atoms with E-state index in [9.17, 15) is 9.18 Å². The van der Waals surface area contributed by atoms with E-state index in [-0.39, 0.29) is 22.8 Å². The van der Waals surface area contributed by atoms with Crippen LogP contribution in [-0.4, -0.2) is 21.5 Å². The van der Waals surface area contributed by atoms with Crippen LogP contribution in [0, 0.1) is 22.6 Å². The maximum Gasteiger partial charge on any atom is 0.161 e. The monoisotopic (exact) mass is 362 g/mol. The Bertz CT molecular complexity index is 1030. The van der Waals surface area contributed by atoms with Crippen LogP contribution in [0.4, 0.5) is 4.39 Å². The van der Waals surface area contributed by atoms with Gasteiger partial charge in [-0.3, -0.25) is 9.80 Å². The van der Waals surface area contributed by atoms with E-state index in [4.69, 9.17) is 5.26 Å². The molecule has 1 aliphatic heterocycles. The van der Waals surface area contributed by atoms with Crippen molar-refractivity contribution in [2.75, 3.05) is 5.01 Å². The molecule has 1 fully saturated rings. The number of nitriles is 1. The molecule has 0 bridgehead atoms. The molecule has 1 aliphatic carbocycles. The van der Waals surface area contributed by atoms with Gasteiger partial charge in [0.15, 0.2) is 5.78 Å². The number of carbonyl (C=O) groups is 1. The van der Waals surface area contributed by atoms with Gasteiger partial charge in [-0.05, 0) is 36.1 Å². The Morgan fingerprint density at radius 3 is 2.93 bits per heavy atom. The van der Waals surface area contributed by atoms with E-state index < -0.39 is 5.82 Å². The minimum absolute atomic E-state index is 0.0597. The Kier molecular flexibility index (Phi) is 3.96. The Morgan fingerprint density at radius 2 is 2.15 bits per heavy atom. The zero-order chi connectivity index (χ0) is 19.2. The van der Waals surface area contributed by atoms with E-state index in [1.54, 1.807) is 18.6 Å². The van der Waals surface area contributed by atoms with Crippen LogP contribution >= 0.6 is 0 Å². The summed E-state index contributed by atoms with van der Waals surface area (Å²) in [4.78, 5) is 16.9. The van der Waals surface area contributed by atoms with Gasteiger partial charge in [-0.1, -0.05) is 19.9 Å². The molecule has 0 saturated heterocycles. The molecule has 27 heavy (non-hydrogen) atoms. The second kappa shape index (κ2) is 6.20. The Balaban J connectivity index is 1.68. The van der Waals surface area contributed by atoms with Gasteiger partial charge in [-0.15, -0.1) is 0 Å². The number of hydrogen-bond donors (Lipinski definition) is 0. The quantitative estimate of drug-likeness (QED) is 0.817. The van der Waals surface area contributed by atoms with Crippen molar-refractivity contribution in [2.45, 2.75) is 32.7 Å². The molecule has 6 heteroatoms. The highest BCUT2D eigenvalue weighted by atomic mass is 19.1. The van der Waals surface area contributed by atoms with Crippen LogP contribution in [0.2, 0.25) is 0 Å². The van der Waals surface area contributed by atoms with Crippen molar-refractivity contribution in [3.63, 3.8) is 0 Å². The SMILES string of the molecule is CC1(C)CC(=O)C2=CC=CN(n3cnc(-c4cc(F)cc(C#N)c4)c3)C2C1. The maximum absolute atomic E-state index is 13.8. The summed E-state index contributed by atoms with van der Waals surface area (Å²) in [6, 6.07) is 6.06. The molecule has 1 aromatic carbocycles. The van der Waals surface area contributed by atoms with Crippen molar-refractivity contribution in [2.24, 2.45) is 5.41 Å². The van der Waals surface area contributed by atoms with Crippen LogP contribution in [0.3, 0.4) is 0 Å². The summed E-state index contributed by atoms with van der Waals surface area (Å²) < 4.78 is 15.6. The number of benzene rings is 1. The van der Waals surface area contributed by atoms with Gasteiger partial charge in [0.05, 0.1) is 29.6 Å². The van der Waals surface area contributed by atoms with Crippen molar-refractivity contribution >= 4 is 5.78 Å². The lowest BCUT2D eigenvalue weighted by Crippen LogP contribution is -2.49. The molecule has 5 nitrogen and oxygen atoms in total. The Morgan fingerprint density at radius 1 is 1.33 bits per heavy atom. The van der Waals surface area contributed by atoms with E-state index in [0.717, 1.165) is 12.0 Å². The molecule has 136 valence electrons. The fourth-order valence-corrected chi connectivity index (χ4v) is 3.84. The molecule has 0 radical (unpaired) electrons. The van der Waals surface area contributed by atoms with Gasteiger partial charge in [0.2, 0.25) is 0 Å². The van der Waals surface area contributed by atoms with Gasteiger partial charge in [0.25, 0.3) is 0 Å². The third-order valence-corrected chi connectivity index (χ3v) is 5.06. The average Bonchev–Trinajstić information content (AvgIpc) is 3.09. The summed E-state index contributed by atoms with van der Waals surface area (Å²) in [6.07, 6.45) is 10.5. The minimum atomic E-state index is -0.471. The van der Waals surface area contributed by atoms with Gasteiger partial charge in [-0.2, -0.15) is 5.26 Å². The van der Waals surface area contributed by atoms with Crippen molar-refractivity contribution in [3.8, 4) is 17.3 Å². The van der Waals surface area contributed by atoms with Gasteiger partial charge >= 0.3 is 0 Å². The largest absolute Gasteiger partial charge is 0.294 e. The van der Waals surface area contributed by atoms with E-state index in [2.05, 4.69) is 18.8 Å². The molecule has 0 amide bonds. The molecule has 1 unspecified atom stereocenters. The second-order valence-electron chi connectivity index (χ2n) is 7.81. The van der Waals surface area contributed by atoms with Crippen molar-refractivity contribution in [3.05, 3.63) is 66.0 Å². The zero-order valence-corrected chi connectivity index (χ0v) is 15.2. The van der Waals surface area contributed by atoms with Gasteiger partial charge in [-0.25, -0.2) is 14.1 Å². The first-order chi connectivity index (χ1) is 12.9. The van der Waals surface area contributed by atoms with E-state index >= 15 is 0 Å². The molecule has 2 aromatic rings. The molecule has 2 aliphatic rings. The molecular weight excluding hydrogens is 343 g/mol. The summed E-state index contributed by atoms with van der Waals surface area (Å²) in [5.74, 6) is -0.295. The van der Waals surface area contributed by atoms with Crippen LogP contribution in [0.15, 0.2) is 54.6 Å². The van der Waals surface area contributed by atoms with Crippen LogP contribution < -0.4 is 5.01 Å². The lowest BCUT2D eigenvalue weighted by molar-refractivity contribution is -0.119. The van der Waals surface area contributed by atoms with Crippen LogP contribution in [0.25, 0.3) is 11.3 Å². The number of nitrogens with zero attached hydrogens (tertiary/aromatic N) is 4. The zero-order valence-electron chi connectivity index (χ0n) is 15.2. The third-order valence-electron chi connectivity index (χ3n) is 5.06.